The van der Waals surface area contributed by atoms with E-state index >= 15 is 0 Å². The quantitative estimate of drug-likeness (QED) is 0.494. The van der Waals surface area contributed by atoms with Crippen LogP contribution in [0.25, 0.3) is 10.9 Å². The summed E-state index contributed by atoms with van der Waals surface area (Å²) in [7, 11) is 0. The number of nitrogens with two attached hydrogens (primary N) is 1. The molecule has 0 bridgehead atoms. The lowest BCUT2D eigenvalue weighted by atomic mass is 10.2. The largest absolute Gasteiger partial charge is 0.456 e. The Morgan fingerprint density at radius 1 is 1.11 bits per heavy atom. The highest BCUT2D eigenvalue weighted by atomic mass is 16.5. The molecular formula is C14H12N4O. The van der Waals surface area contributed by atoms with Crippen molar-refractivity contribution in [3.63, 3.8) is 0 Å². The van der Waals surface area contributed by atoms with Crippen LogP contribution in [0, 0.1) is 5.41 Å². The topological polar surface area (TPSA) is 87.8 Å². The van der Waals surface area contributed by atoms with E-state index in [1.54, 1.807) is 18.3 Å². The van der Waals surface area contributed by atoms with E-state index in [1.165, 1.54) is 0 Å². The first kappa shape index (κ1) is 11.3. The number of benzene rings is 2. The molecule has 0 aliphatic rings. The summed E-state index contributed by atoms with van der Waals surface area (Å²) in [6.07, 6.45) is 1.71. The first-order chi connectivity index (χ1) is 9.25. The van der Waals surface area contributed by atoms with Gasteiger partial charge in [0.1, 0.15) is 17.3 Å². The van der Waals surface area contributed by atoms with Gasteiger partial charge in [0.15, 0.2) is 0 Å². The maximum Gasteiger partial charge on any atom is 0.138 e. The smallest absolute Gasteiger partial charge is 0.138 e. The van der Waals surface area contributed by atoms with Crippen LogP contribution in [0.4, 0.5) is 0 Å². The van der Waals surface area contributed by atoms with Gasteiger partial charge < -0.3 is 10.5 Å². The Balaban J connectivity index is 2.06. The molecule has 0 radical (unpaired) electrons. The number of rotatable bonds is 3. The minimum atomic E-state index is -0.0185. The van der Waals surface area contributed by atoms with Gasteiger partial charge in [0.25, 0.3) is 0 Å². The molecule has 0 atom stereocenters. The number of para-hydroxylation sites is 1. The molecule has 19 heavy (non-hydrogen) atoms. The number of nitrogens with zero attached hydrogens (tertiary/aromatic N) is 1. The fourth-order valence-corrected chi connectivity index (χ4v) is 1.93. The summed E-state index contributed by atoms with van der Waals surface area (Å²) in [6.45, 7) is 0. The Hall–Kier alpha value is -2.82. The number of aromatic nitrogens is 2. The van der Waals surface area contributed by atoms with Crippen LogP contribution in [0.15, 0.2) is 48.7 Å². The Bertz CT molecular complexity index is 748. The minimum absolute atomic E-state index is 0.0185. The second-order valence-corrected chi connectivity index (χ2v) is 4.10. The van der Waals surface area contributed by atoms with Crippen molar-refractivity contribution in [1.82, 2.24) is 10.2 Å². The highest BCUT2D eigenvalue weighted by molar-refractivity contribution is 5.97. The van der Waals surface area contributed by atoms with E-state index < -0.39 is 0 Å². The standard InChI is InChI=1S/C14H12N4O/c15-14(16)9-4-1-2-6-12(9)19-13-7-3-5-11-10(13)8-17-18-11/h1-8H,(H3,15,16)(H,17,18). The molecule has 3 aromatic rings. The van der Waals surface area contributed by atoms with Crippen LogP contribution in [0.1, 0.15) is 5.56 Å². The van der Waals surface area contributed by atoms with E-state index in [9.17, 15) is 0 Å². The number of nitrogen functional groups attached to an aromatic ring is 1. The van der Waals surface area contributed by atoms with Crippen LogP contribution in [0.2, 0.25) is 0 Å². The van der Waals surface area contributed by atoms with Crippen molar-refractivity contribution < 1.29 is 4.74 Å². The van der Waals surface area contributed by atoms with Gasteiger partial charge in [0.2, 0.25) is 0 Å². The molecule has 0 amide bonds. The molecule has 0 spiro atoms. The maximum atomic E-state index is 7.55. The van der Waals surface area contributed by atoms with Crippen molar-refractivity contribution in [2.24, 2.45) is 5.73 Å². The van der Waals surface area contributed by atoms with Crippen molar-refractivity contribution in [2.45, 2.75) is 0 Å². The predicted molar refractivity (Wildman–Crippen MR) is 73.6 cm³/mol. The van der Waals surface area contributed by atoms with E-state index in [4.69, 9.17) is 15.9 Å². The summed E-state index contributed by atoms with van der Waals surface area (Å²) in [5.41, 5.74) is 7.02. The molecule has 0 unspecified atom stereocenters. The second kappa shape index (κ2) is 4.45. The van der Waals surface area contributed by atoms with Gasteiger partial charge in [-0.05, 0) is 24.3 Å². The molecule has 5 nitrogen and oxygen atoms in total. The van der Waals surface area contributed by atoms with Crippen LogP contribution >= 0.6 is 0 Å². The molecule has 0 saturated carbocycles. The average Bonchev–Trinajstić information content (AvgIpc) is 2.88. The molecule has 2 aromatic carbocycles. The zero-order valence-corrected chi connectivity index (χ0v) is 10.1. The molecule has 1 aromatic heterocycles. The van der Waals surface area contributed by atoms with Crippen LogP contribution in [-0.2, 0) is 0 Å². The van der Waals surface area contributed by atoms with Crippen molar-refractivity contribution in [1.29, 1.82) is 5.41 Å². The number of fused-ring (bicyclic) bond motifs is 1. The van der Waals surface area contributed by atoms with Crippen LogP contribution in [-0.4, -0.2) is 16.0 Å². The van der Waals surface area contributed by atoms with E-state index in [2.05, 4.69) is 10.2 Å². The van der Waals surface area contributed by atoms with Crippen molar-refractivity contribution in [3.05, 3.63) is 54.2 Å². The van der Waals surface area contributed by atoms with Gasteiger partial charge in [-0.2, -0.15) is 5.10 Å². The number of H-pyrrole nitrogens is 1. The number of ether oxygens (including phenoxy) is 1. The van der Waals surface area contributed by atoms with Crippen LogP contribution in [0.5, 0.6) is 11.5 Å². The highest BCUT2D eigenvalue weighted by Crippen LogP contribution is 2.30. The van der Waals surface area contributed by atoms with Crippen molar-refractivity contribution in [3.8, 4) is 11.5 Å². The normalized spacial score (nSPS) is 10.5. The molecule has 0 aliphatic carbocycles. The van der Waals surface area contributed by atoms with E-state index in [1.807, 2.05) is 30.3 Å². The summed E-state index contributed by atoms with van der Waals surface area (Å²) < 4.78 is 5.86. The number of nitrogens with one attached hydrogen (secondary N) is 2. The summed E-state index contributed by atoms with van der Waals surface area (Å²) in [6, 6.07) is 12.9. The number of hydrogen-bond acceptors (Lipinski definition) is 3. The van der Waals surface area contributed by atoms with Crippen LogP contribution in [0.3, 0.4) is 0 Å². The molecule has 0 fully saturated rings. The van der Waals surface area contributed by atoms with Gasteiger partial charge in [0.05, 0.1) is 22.7 Å². The molecule has 94 valence electrons. The first-order valence-corrected chi connectivity index (χ1v) is 5.79. The van der Waals surface area contributed by atoms with Gasteiger partial charge >= 0.3 is 0 Å². The lowest BCUT2D eigenvalue weighted by molar-refractivity contribution is 0.487. The monoisotopic (exact) mass is 252 g/mol. The van der Waals surface area contributed by atoms with E-state index in [-0.39, 0.29) is 5.84 Å². The fourth-order valence-electron chi connectivity index (χ4n) is 1.93. The zero-order valence-electron chi connectivity index (χ0n) is 10.1. The molecule has 1 heterocycles. The average molecular weight is 252 g/mol. The molecule has 4 N–H and O–H groups in total. The lowest BCUT2D eigenvalue weighted by Gasteiger charge is -2.10. The number of hydrogen-bond donors (Lipinski definition) is 3. The Kier molecular flexibility index (Phi) is 2.64. The van der Waals surface area contributed by atoms with Gasteiger partial charge in [-0.3, -0.25) is 10.5 Å². The highest BCUT2D eigenvalue weighted by Gasteiger charge is 2.09. The number of aromatic amines is 1. The first-order valence-electron chi connectivity index (χ1n) is 5.79. The molecule has 3 rings (SSSR count). The van der Waals surface area contributed by atoms with E-state index in [0.29, 0.717) is 17.1 Å². The predicted octanol–water partition coefficient (Wildman–Crippen LogP) is 2.64. The Labute approximate surface area is 109 Å². The number of amidine groups is 1. The van der Waals surface area contributed by atoms with Gasteiger partial charge in [-0.15, -0.1) is 0 Å². The van der Waals surface area contributed by atoms with Gasteiger partial charge in [-0.25, -0.2) is 0 Å². The van der Waals surface area contributed by atoms with E-state index in [0.717, 1.165) is 10.9 Å². The molecule has 5 heteroatoms. The van der Waals surface area contributed by atoms with Crippen molar-refractivity contribution >= 4 is 16.7 Å². The van der Waals surface area contributed by atoms with Gasteiger partial charge in [-0.1, -0.05) is 18.2 Å². The Morgan fingerprint density at radius 3 is 2.74 bits per heavy atom. The zero-order chi connectivity index (χ0) is 13.2. The third-order valence-electron chi connectivity index (χ3n) is 2.84. The van der Waals surface area contributed by atoms with Gasteiger partial charge in [0, 0.05) is 0 Å². The summed E-state index contributed by atoms with van der Waals surface area (Å²) in [4.78, 5) is 0. The third kappa shape index (κ3) is 2.01. The lowest BCUT2D eigenvalue weighted by Crippen LogP contribution is -2.12. The molecule has 0 saturated heterocycles. The maximum absolute atomic E-state index is 7.55. The molecular weight excluding hydrogens is 240 g/mol. The SMILES string of the molecule is N=C(N)c1ccccc1Oc1cccc2[nH]ncc12. The molecule has 0 aliphatic heterocycles. The minimum Gasteiger partial charge on any atom is -0.456 e. The van der Waals surface area contributed by atoms with Crippen LogP contribution < -0.4 is 10.5 Å². The third-order valence-corrected chi connectivity index (χ3v) is 2.84. The Morgan fingerprint density at radius 2 is 1.89 bits per heavy atom. The van der Waals surface area contributed by atoms with Crippen molar-refractivity contribution in [2.75, 3.05) is 0 Å². The second-order valence-electron chi connectivity index (χ2n) is 4.10. The fraction of sp³-hybridized carbons (Fsp3) is 0. The summed E-state index contributed by atoms with van der Waals surface area (Å²) in [5.74, 6) is 1.22. The summed E-state index contributed by atoms with van der Waals surface area (Å²) in [5, 5.41) is 15.3. The summed E-state index contributed by atoms with van der Waals surface area (Å²) >= 11 is 0.